The van der Waals surface area contributed by atoms with Crippen molar-refractivity contribution in [1.82, 2.24) is 10.3 Å². The molecule has 2 fully saturated rings. The van der Waals surface area contributed by atoms with E-state index in [4.69, 9.17) is 0 Å². The van der Waals surface area contributed by atoms with Crippen LogP contribution in [0.15, 0.2) is 48.8 Å². The van der Waals surface area contributed by atoms with Gasteiger partial charge in [-0.1, -0.05) is 24.6 Å². The van der Waals surface area contributed by atoms with Gasteiger partial charge in [0.1, 0.15) is 5.82 Å². The molecule has 1 aromatic heterocycles. The van der Waals surface area contributed by atoms with E-state index in [1.165, 1.54) is 42.9 Å². The van der Waals surface area contributed by atoms with Crippen molar-refractivity contribution in [1.29, 1.82) is 0 Å². The van der Waals surface area contributed by atoms with Crippen molar-refractivity contribution in [3.05, 3.63) is 65.7 Å². The molecular weight excluding hydrogens is 375 g/mol. The Bertz CT molecular complexity index is 825. The second-order valence-corrected chi connectivity index (χ2v) is 9.12. The number of pyridine rings is 1. The highest BCUT2D eigenvalue weighted by molar-refractivity contribution is 5.75. The second-order valence-electron chi connectivity index (χ2n) is 9.12. The fourth-order valence-electron chi connectivity index (χ4n) is 5.41. The van der Waals surface area contributed by atoms with Crippen molar-refractivity contribution >= 4 is 5.91 Å². The Morgan fingerprint density at radius 3 is 2.90 bits per heavy atom. The van der Waals surface area contributed by atoms with Crippen LogP contribution in [0.3, 0.4) is 0 Å². The Labute approximate surface area is 179 Å². The molecule has 3 unspecified atom stereocenters. The molecule has 4 heteroatoms. The number of nitrogens with one attached hydrogen (secondary N) is 1. The van der Waals surface area contributed by atoms with Crippen LogP contribution in [0, 0.1) is 23.6 Å². The molecular formula is C26H33FN2O. The number of aromatic nitrogens is 1. The maximum Gasteiger partial charge on any atom is 0.220 e. The second kappa shape index (κ2) is 10.2. The van der Waals surface area contributed by atoms with E-state index >= 15 is 0 Å². The van der Waals surface area contributed by atoms with E-state index < -0.39 is 0 Å². The standard InChI is InChI=1S/C26H33FN2O/c27-22-9-3-8-20(16-22)23-10-4-11-24(23)25-17-21(25)12-13-26(30)29-15-2-1-6-19-7-5-14-28-18-19/h3,5,7-9,14,16,18,21,23-25H,1-2,4,6,10-13,15,17H2,(H,29,30)/t21-,23?,24?,25?/m0/s1. The highest BCUT2D eigenvalue weighted by Gasteiger charge is 2.47. The van der Waals surface area contributed by atoms with E-state index in [-0.39, 0.29) is 11.7 Å². The molecule has 1 N–H and O–H groups in total. The van der Waals surface area contributed by atoms with E-state index in [2.05, 4.69) is 22.4 Å². The lowest BCUT2D eigenvalue weighted by atomic mass is 9.84. The van der Waals surface area contributed by atoms with Gasteiger partial charge in [0.2, 0.25) is 5.91 Å². The van der Waals surface area contributed by atoms with Crippen molar-refractivity contribution in [2.75, 3.05) is 6.54 Å². The number of carbonyl (C=O) groups excluding carboxylic acids is 1. The maximum atomic E-state index is 13.6. The highest BCUT2D eigenvalue weighted by atomic mass is 19.1. The summed E-state index contributed by atoms with van der Waals surface area (Å²) in [7, 11) is 0. The van der Waals surface area contributed by atoms with Crippen molar-refractivity contribution in [2.45, 2.75) is 63.7 Å². The number of amides is 1. The van der Waals surface area contributed by atoms with Crippen molar-refractivity contribution in [3.63, 3.8) is 0 Å². The fraction of sp³-hybridized carbons (Fsp3) is 0.538. The van der Waals surface area contributed by atoms with Crippen LogP contribution in [0.2, 0.25) is 0 Å². The summed E-state index contributed by atoms with van der Waals surface area (Å²) in [6.07, 6.45) is 13.4. The van der Waals surface area contributed by atoms with Crippen LogP contribution in [0.5, 0.6) is 0 Å². The van der Waals surface area contributed by atoms with Gasteiger partial charge in [0, 0.05) is 25.4 Å². The van der Waals surface area contributed by atoms with Crippen LogP contribution < -0.4 is 5.32 Å². The summed E-state index contributed by atoms with van der Waals surface area (Å²) in [5.74, 6) is 2.66. The monoisotopic (exact) mass is 408 g/mol. The van der Waals surface area contributed by atoms with Gasteiger partial charge >= 0.3 is 0 Å². The molecule has 2 aliphatic carbocycles. The largest absolute Gasteiger partial charge is 0.356 e. The Kier molecular flexibility index (Phi) is 7.14. The molecule has 0 spiro atoms. The number of rotatable bonds is 10. The Hall–Kier alpha value is -2.23. The van der Waals surface area contributed by atoms with Gasteiger partial charge in [0.05, 0.1) is 0 Å². The van der Waals surface area contributed by atoms with Crippen molar-refractivity contribution in [2.24, 2.45) is 17.8 Å². The van der Waals surface area contributed by atoms with E-state index in [1.807, 2.05) is 18.3 Å². The summed E-state index contributed by atoms with van der Waals surface area (Å²) in [4.78, 5) is 16.3. The van der Waals surface area contributed by atoms with Crippen molar-refractivity contribution in [3.8, 4) is 0 Å². The Morgan fingerprint density at radius 1 is 1.13 bits per heavy atom. The molecule has 0 aliphatic heterocycles. The molecule has 4 rings (SSSR count). The third kappa shape index (κ3) is 5.68. The summed E-state index contributed by atoms with van der Waals surface area (Å²) < 4.78 is 13.6. The lowest BCUT2D eigenvalue weighted by Crippen LogP contribution is -2.24. The molecule has 0 bridgehead atoms. The number of hydrogen-bond acceptors (Lipinski definition) is 2. The number of carbonyl (C=O) groups is 1. The molecule has 2 saturated carbocycles. The van der Waals surface area contributed by atoms with Gasteiger partial charge in [0.15, 0.2) is 0 Å². The Balaban J connectivity index is 1.12. The van der Waals surface area contributed by atoms with Crippen LogP contribution in [-0.2, 0) is 11.2 Å². The van der Waals surface area contributed by atoms with Crippen molar-refractivity contribution < 1.29 is 9.18 Å². The molecule has 3 nitrogen and oxygen atoms in total. The highest BCUT2D eigenvalue weighted by Crippen LogP contribution is 2.56. The third-order valence-electron chi connectivity index (χ3n) is 7.05. The molecule has 4 atom stereocenters. The zero-order chi connectivity index (χ0) is 20.8. The van der Waals surface area contributed by atoms with E-state index in [1.54, 1.807) is 12.3 Å². The SMILES string of the molecule is O=C(CC[C@H]1CC1C1CCCC1c1cccc(F)c1)NCCCCc1cccnc1. The number of hydrogen-bond donors (Lipinski definition) is 1. The average molecular weight is 409 g/mol. The number of benzene rings is 1. The summed E-state index contributed by atoms with van der Waals surface area (Å²) >= 11 is 0. The molecule has 2 aromatic rings. The molecule has 1 aromatic carbocycles. The van der Waals surface area contributed by atoms with Crippen LogP contribution in [0.4, 0.5) is 4.39 Å². The summed E-state index contributed by atoms with van der Waals surface area (Å²) in [5.41, 5.74) is 2.43. The van der Waals surface area contributed by atoms with E-state index in [9.17, 15) is 9.18 Å². The van der Waals surface area contributed by atoms with Gasteiger partial charge in [-0.3, -0.25) is 9.78 Å². The molecule has 30 heavy (non-hydrogen) atoms. The average Bonchev–Trinajstić information content (AvgIpc) is 3.37. The topological polar surface area (TPSA) is 42.0 Å². The summed E-state index contributed by atoms with van der Waals surface area (Å²) in [6.45, 7) is 0.761. The van der Waals surface area contributed by atoms with Crippen LogP contribution >= 0.6 is 0 Å². The summed E-state index contributed by atoms with van der Waals surface area (Å²) in [6, 6.07) is 11.2. The fourth-order valence-corrected chi connectivity index (χ4v) is 5.41. The smallest absolute Gasteiger partial charge is 0.220 e. The van der Waals surface area contributed by atoms with E-state index in [0.717, 1.165) is 38.1 Å². The van der Waals surface area contributed by atoms with Gasteiger partial charge < -0.3 is 5.32 Å². The maximum absolute atomic E-state index is 13.6. The number of aryl methyl sites for hydroxylation is 1. The lowest BCUT2D eigenvalue weighted by Gasteiger charge is -2.20. The first-order chi connectivity index (χ1) is 14.7. The first kappa shape index (κ1) is 21.0. The third-order valence-corrected chi connectivity index (χ3v) is 7.05. The van der Waals surface area contributed by atoms with Gasteiger partial charge in [-0.05, 0) is 97.9 Å². The minimum absolute atomic E-state index is 0.123. The molecule has 1 amide bonds. The van der Waals surface area contributed by atoms with E-state index in [0.29, 0.717) is 24.2 Å². The lowest BCUT2D eigenvalue weighted by molar-refractivity contribution is -0.121. The zero-order valence-corrected chi connectivity index (χ0v) is 17.7. The summed E-state index contributed by atoms with van der Waals surface area (Å²) in [5, 5.41) is 3.08. The Morgan fingerprint density at radius 2 is 2.07 bits per heavy atom. The van der Waals surface area contributed by atoms with Crippen LogP contribution in [-0.4, -0.2) is 17.4 Å². The minimum atomic E-state index is -0.123. The van der Waals surface area contributed by atoms with Gasteiger partial charge in [0.25, 0.3) is 0 Å². The minimum Gasteiger partial charge on any atom is -0.356 e. The van der Waals surface area contributed by atoms with Gasteiger partial charge in [-0.15, -0.1) is 0 Å². The van der Waals surface area contributed by atoms with Crippen LogP contribution in [0.25, 0.3) is 0 Å². The van der Waals surface area contributed by atoms with Gasteiger partial charge in [-0.2, -0.15) is 0 Å². The number of halogens is 1. The molecule has 2 aliphatic rings. The molecule has 1 heterocycles. The van der Waals surface area contributed by atoms with Crippen LogP contribution in [0.1, 0.15) is 68.4 Å². The molecule has 160 valence electrons. The molecule has 0 saturated heterocycles. The first-order valence-corrected chi connectivity index (χ1v) is 11.6. The predicted molar refractivity (Wildman–Crippen MR) is 117 cm³/mol. The predicted octanol–water partition coefficient (Wildman–Crippen LogP) is 5.66. The number of unbranched alkanes of at least 4 members (excludes halogenated alkanes) is 1. The van der Waals surface area contributed by atoms with Gasteiger partial charge in [-0.25, -0.2) is 4.39 Å². The quantitative estimate of drug-likeness (QED) is 0.516. The molecule has 0 radical (unpaired) electrons. The zero-order valence-electron chi connectivity index (χ0n) is 17.7. The number of nitrogens with zero attached hydrogens (tertiary/aromatic N) is 1. The first-order valence-electron chi connectivity index (χ1n) is 11.6. The normalized spacial score (nSPS) is 25.2.